The summed E-state index contributed by atoms with van der Waals surface area (Å²) in [6, 6.07) is 10.4. The Bertz CT molecular complexity index is 555. The van der Waals surface area contributed by atoms with Gasteiger partial charge >= 0.3 is 0 Å². The van der Waals surface area contributed by atoms with Crippen LogP contribution in [0.15, 0.2) is 30.3 Å². The Morgan fingerprint density at radius 2 is 1.81 bits per heavy atom. The zero-order valence-corrected chi connectivity index (χ0v) is 12.8. The van der Waals surface area contributed by atoms with Crippen molar-refractivity contribution < 1.29 is 9.59 Å². The van der Waals surface area contributed by atoms with Crippen molar-refractivity contribution in [3.63, 3.8) is 0 Å². The molecule has 21 heavy (non-hydrogen) atoms. The number of rotatable bonds is 3. The van der Waals surface area contributed by atoms with Crippen LogP contribution in [0.2, 0.25) is 0 Å². The maximum absolute atomic E-state index is 12.4. The van der Waals surface area contributed by atoms with Crippen LogP contribution in [-0.2, 0) is 16.1 Å². The fraction of sp³-hybridized carbons (Fsp3) is 0.529. The zero-order chi connectivity index (χ0) is 15.1. The van der Waals surface area contributed by atoms with Crippen LogP contribution in [0.3, 0.4) is 0 Å². The van der Waals surface area contributed by atoms with Crippen molar-refractivity contribution in [3.05, 3.63) is 35.9 Å². The van der Waals surface area contributed by atoms with Crippen molar-refractivity contribution in [1.82, 2.24) is 9.80 Å². The standard InChI is InChI=1S/C17H22N2O2/c1-11(2)15-14-13(16(20)18(3)17(14)21)10-19(15)9-12-7-5-4-6-8-12/h4-8,11,13-15H,9-10H2,1-3H3/t13-,14-,15-/m1/s1. The van der Waals surface area contributed by atoms with Crippen LogP contribution in [-0.4, -0.2) is 41.2 Å². The predicted molar refractivity (Wildman–Crippen MR) is 80.2 cm³/mol. The lowest BCUT2D eigenvalue weighted by Gasteiger charge is -2.31. The topological polar surface area (TPSA) is 40.6 Å². The third kappa shape index (κ3) is 2.27. The molecule has 0 unspecified atom stereocenters. The Hall–Kier alpha value is -1.68. The van der Waals surface area contributed by atoms with Crippen molar-refractivity contribution in [2.75, 3.05) is 13.6 Å². The van der Waals surface area contributed by atoms with Crippen LogP contribution in [0.25, 0.3) is 0 Å². The molecular weight excluding hydrogens is 264 g/mol. The molecule has 4 heteroatoms. The summed E-state index contributed by atoms with van der Waals surface area (Å²) in [5.41, 5.74) is 1.23. The molecular formula is C17H22N2O2. The lowest BCUT2D eigenvalue weighted by molar-refractivity contribution is -0.139. The van der Waals surface area contributed by atoms with E-state index in [4.69, 9.17) is 0 Å². The molecule has 2 aliphatic heterocycles. The zero-order valence-electron chi connectivity index (χ0n) is 12.8. The first kappa shape index (κ1) is 14.3. The Kier molecular flexibility index (Phi) is 3.57. The number of carbonyl (C=O) groups is 2. The van der Waals surface area contributed by atoms with E-state index in [1.54, 1.807) is 7.05 Å². The Morgan fingerprint density at radius 1 is 1.14 bits per heavy atom. The van der Waals surface area contributed by atoms with Gasteiger partial charge in [0.1, 0.15) is 0 Å². The number of fused-ring (bicyclic) bond motifs is 1. The number of likely N-dealkylation sites (tertiary alicyclic amines) is 2. The van der Waals surface area contributed by atoms with Crippen LogP contribution in [0.1, 0.15) is 19.4 Å². The molecule has 0 saturated carbocycles. The SMILES string of the molecule is CC(C)[C@@H]1[C@@H]2C(=O)N(C)C(=O)[C@@H]2CN1Cc1ccccc1. The maximum Gasteiger partial charge on any atom is 0.234 e. The Balaban J connectivity index is 1.86. The van der Waals surface area contributed by atoms with Crippen molar-refractivity contribution in [2.24, 2.45) is 17.8 Å². The summed E-state index contributed by atoms with van der Waals surface area (Å²) in [7, 11) is 1.61. The van der Waals surface area contributed by atoms with E-state index in [0.29, 0.717) is 12.5 Å². The van der Waals surface area contributed by atoms with Gasteiger partial charge in [0.25, 0.3) is 0 Å². The van der Waals surface area contributed by atoms with Crippen LogP contribution in [0.5, 0.6) is 0 Å². The first-order valence-corrected chi connectivity index (χ1v) is 7.60. The van der Waals surface area contributed by atoms with Gasteiger partial charge in [0.05, 0.1) is 11.8 Å². The molecule has 2 heterocycles. The van der Waals surface area contributed by atoms with E-state index in [1.165, 1.54) is 10.5 Å². The van der Waals surface area contributed by atoms with Gasteiger partial charge < -0.3 is 0 Å². The van der Waals surface area contributed by atoms with E-state index in [1.807, 2.05) is 18.2 Å². The average molecular weight is 286 g/mol. The Labute approximate surface area is 125 Å². The largest absolute Gasteiger partial charge is 0.294 e. The van der Waals surface area contributed by atoms with Crippen molar-refractivity contribution >= 4 is 11.8 Å². The minimum Gasteiger partial charge on any atom is -0.294 e. The molecule has 112 valence electrons. The number of nitrogens with zero attached hydrogens (tertiary/aromatic N) is 2. The second-order valence-electron chi connectivity index (χ2n) is 6.52. The van der Waals surface area contributed by atoms with Gasteiger partial charge in [0.2, 0.25) is 11.8 Å². The first-order chi connectivity index (χ1) is 10.0. The number of imide groups is 1. The van der Waals surface area contributed by atoms with Gasteiger partial charge in [-0.25, -0.2) is 0 Å². The smallest absolute Gasteiger partial charge is 0.234 e. The van der Waals surface area contributed by atoms with Gasteiger partial charge in [-0.05, 0) is 11.5 Å². The summed E-state index contributed by atoms with van der Waals surface area (Å²) in [4.78, 5) is 28.3. The predicted octanol–water partition coefficient (Wildman–Crippen LogP) is 1.76. The molecule has 0 aromatic heterocycles. The van der Waals surface area contributed by atoms with E-state index in [0.717, 1.165) is 6.54 Å². The minimum absolute atomic E-state index is 0.000684. The highest BCUT2D eigenvalue weighted by molar-refractivity contribution is 6.05. The second kappa shape index (κ2) is 5.26. The molecule has 4 nitrogen and oxygen atoms in total. The molecule has 3 rings (SSSR count). The minimum atomic E-state index is -0.161. The van der Waals surface area contributed by atoms with E-state index >= 15 is 0 Å². The summed E-state index contributed by atoms with van der Waals surface area (Å²) >= 11 is 0. The monoisotopic (exact) mass is 286 g/mol. The third-order valence-corrected chi connectivity index (χ3v) is 4.83. The maximum atomic E-state index is 12.4. The highest BCUT2D eigenvalue weighted by Crippen LogP contribution is 2.41. The molecule has 2 saturated heterocycles. The van der Waals surface area contributed by atoms with E-state index in [9.17, 15) is 9.59 Å². The molecule has 0 radical (unpaired) electrons. The van der Waals surface area contributed by atoms with E-state index in [-0.39, 0.29) is 29.7 Å². The molecule has 2 fully saturated rings. The van der Waals surface area contributed by atoms with E-state index < -0.39 is 0 Å². The van der Waals surface area contributed by atoms with Gasteiger partial charge in [-0.3, -0.25) is 19.4 Å². The highest BCUT2D eigenvalue weighted by atomic mass is 16.2. The van der Waals surface area contributed by atoms with Crippen LogP contribution < -0.4 is 0 Å². The summed E-state index contributed by atoms with van der Waals surface area (Å²) in [5, 5.41) is 0. The Morgan fingerprint density at radius 3 is 2.43 bits per heavy atom. The molecule has 1 aromatic rings. The van der Waals surface area contributed by atoms with E-state index in [2.05, 4.69) is 30.9 Å². The average Bonchev–Trinajstić information content (AvgIpc) is 2.93. The molecule has 0 aliphatic carbocycles. The normalized spacial score (nSPS) is 29.5. The fourth-order valence-electron chi connectivity index (χ4n) is 3.91. The fourth-order valence-corrected chi connectivity index (χ4v) is 3.91. The number of hydrogen-bond donors (Lipinski definition) is 0. The summed E-state index contributed by atoms with van der Waals surface area (Å²) in [6.07, 6.45) is 0. The molecule has 1 aromatic carbocycles. The summed E-state index contributed by atoms with van der Waals surface area (Å²) in [6.45, 7) is 5.78. The number of hydrogen-bond acceptors (Lipinski definition) is 3. The molecule has 0 spiro atoms. The van der Waals surface area contributed by atoms with Crippen LogP contribution in [0, 0.1) is 17.8 Å². The molecule has 0 N–H and O–H groups in total. The van der Waals surface area contributed by atoms with Crippen LogP contribution in [0.4, 0.5) is 0 Å². The first-order valence-electron chi connectivity index (χ1n) is 7.60. The summed E-state index contributed by atoms with van der Waals surface area (Å²) in [5.74, 6) is 0.0299. The number of amides is 2. The van der Waals surface area contributed by atoms with Crippen molar-refractivity contribution in [3.8, 4) is 0 Å². The second-order valence-corrected chi connectivity index (χ2v) is 6.52. The van der Waals surface area contributed by atoms with Gasteiger partial charge in [0.15, 0.2) is 0 Å². The van der Waals surface area contributed by atoms with Gasteiger partial charge in [0, 0.05) is 26.2 Å². The lowest BCUT2D eigenvalue weighted by atomic mass is 9.87. The van der Waals surface area contributed by atoms with Gasteiger partial charge in [-0.2, -0.15) is 0 Å². The van der Waals surface area contributed by atoms with Gasteiger partial charge in [-0.15, -0.1) is 0 Å². The molecule has 2 amide bonds. The highest BCUT2D eigenvalue weighted by Gasteiger charge is 2.56. The van der Waals surface area contributed by atoms with Crippen molar-refractivity contribution in [1.29, 1.82) is 0 Å². The van der Waals surface area contributed by atoms with Gasteiger partial charge in [-0.1, -0.05) is 44.2 Å². The lowest BCUT2D eigenvalue weighted by Crippen LogP contribution is -2.41. The number of benzene rings is 1. The summed E-state index contributed by atoms with van der Waals surface area (Å²) < 4.78 is 0. The molecule has 2 aliphatic rings. The van der Waals surface area contributed by atoms with Crippen molar-refractivity contribution in [2.45, 2.75) is 26.4 Å². The molecule has 0 bridgehead atoms. The van der Waals surface area contributed by atoms with Crippen LogP contribution >= 0.6 is 0 Å². The number of carbonyl (C=O) groups excluding carboxylic acids is 2. The third-order valence-electron chi connectivity index (χ3n) is 4.83. The molecule has 3 atom stereocenters. The quantitative estimate of drug-likeness (QED) is 0.795.